The van der Waals surface area contributed by atoms with Crippen LogP contribution in [0.4, 0.5) is 0 Å². The van der Waals surface area contributed by atoms with Gasteiger partial charge in [-0.3, -0.25) is 4.68 Å². The van der Waals surface area contributed by atoms with Gasteiger partial charge in [0.05, 0.1) is 0 Å². The van der Waals surface area contributed by atoms with Crippen LogP contribution in [0, 0.1) is 0 Å². The molecule has 0 aliphatic carbocycles. The molecule has 0 spiro atoms. The van der Waals surface area contributed by atoms with Gasteiger partial charge in [0, 0.05) is 25.0 Å². The molecular weight excluding hydrogens is 234 g/mol. The zero-order valence-corrected chi connectivity index (χ0v) is 12.1. The fraction of sp³-hybridized carbons (Fsp3) is 0.438. The monoisotopic (exact) mass is 257 g/mol. The zero-order chi connectivity index (χ0) is 13.7. The highest BCUT2D eigenvalue weighted by molar-refractivity contribution is 5.25. The Hall–Kier alpha value is -1.61. The number of nitrogens with zero attached hydrogens (tertiary/aromatic N) is 2. The van der Waals surface area contributed by atoms with E-state index in [1.54, 1.807) is 0 Å². The summed E-state index contributed by atoms with van der Waals surface area (Å²) in [5.41, 5.74) is 4.04. The van der Waals surface area contributed by atoms with Gasteiger partial charge >= 0.3 is 0 Å². The van der Waals surface area contributed by atoms with Crippen LogP contribution in [0.25, 0.3) is 0 Å². The molecular formula is C16H23N3. The van der Waals surface area contributed by atoms with Gasteiger partial charge < -0.3 is 5.32 Å². The van der Waals surface area contributed by atoms with Crippen molar-refractivity contribution in [1.82, 2.24) is 15.1 Å². The maximum atomic E-state index is 4.21. The van der Waals surface area contributed by atoms with Crippen LogP contribution in [0.2, 0.25) is 0 Å². The van der Waals surface area contributed by atoms with E-state index in [0.29, 0.717) is 6.04 Å². The molecule has 0 bridgehead atoms. The van der Waals surface area contributed by atoms with Gasteiger partial charge in [0.2, 0.25) is 0 Å². The lowest BCUT2D eigenvalue weighted by Crippen LogP contribution is -2.17. The Morgan fingerprint density at radius 1 is 1.21 bits per heavy atom. The largest absolute Gasteiger partial charge is 0.313 e. The average Bonchev–Trinajstić information content (AvgIpc) is 2.86. The summed E-state index contributed by atoms with van der Waals surface area (Å²) in [7, 11) is 4.03. The topological polar surface area (TPSA) is 29.9 Å². The lowest BCUT2D eigenvalue weighted by atomic mass is 9.99. The van der Waals surface area contributed by atoms with Gasteiger partial charge in [-0.15, -0.1) is 0 Å². The first-order chi connectivity index (χ1) is 9.24. The summed E-state index contributed by atoms with van der Waals surface area (Å²) < 4.78 is 1.95. The second-order valence-corrected chi connectivity index (χ2v) is 4.92. The van der Waals surface area contributed by atoms with Crippen LogP contribution in [0.15, 0.2) is 36.5 Å². The Labute approximate surface area is 115 Å². The summed E-state index contributed by atoms with van der Waals surface area (Å²) in [5, 5.41) is 7.62. The first-order valence-electron chi connectivity index (χ1n) is 6.97. The van der Waals surface area contributed by atoms with Crippen LogP contribution in [-0.4, -0.2) is 16.8 Å². The number of nitrogens with one attached hydrogen (secondary N) is 1. The van der Waals surface area contributed by atoms with Crippen LogP contribution < -0.4 is 5.32 Å². The number of hydrogen-bond donors (Lipinski definition) is 1. The lowest BCUT2D eigenvalue weighted by molar-refractivity contribution is 0.535. The normalized spacial score (nSPS) is 12.6. The van der Waals surface area contributed by atoms with E-state index in [9.17, 15) is 0 Å². The average molecular weight is 257 g/mol. The van der Waals surface area contributed by atoms with Gasteiger partial charge in [0.25, 0.3) is 0 Å². The van der Waals surface area contributed by atoms with E-state index >= 15 is 0 Å². The van der Waals surface area contributed by atoms with Crippen LogP contribution in [0.1, 0.15) is 36.2 Å². The van der Waals surface area contributed by atoms with Crippen molar-refractivity contribution >= 4 is 0 Å². The quantitative estimate of drug-likeness (QED) is 0.862. The van der Waals surface area contributed by atoms with Crippen molar-refractivity contribution in [2.24, 2.45) is 7.05 Å². The molecule has 3 heteroatoms. The third-order valence-corrected chi connectivity index (χ3v) is 3.75. The maximum Gasteiger partial charge on any atom is 0.0492 e. The highest BCUT2D eigenvalue weighted by Crippen LogP contribution is 2.19. The molecule has 1 aromatic heterocycles. The van der Waals surface area contributed by atoms with Crippen molar-refractivity contribution in [3.8, 4) is 0 Å². The van der Waals surface area contributed by atoms with Gasteiger partial charge in [-0.25, -0.2) is 0 Å². The van der Waals surface area contributed by atoms with E-state index in [-0.39, 0.29) is 0 Å². The lowest BCUT2D eigenvalue weighted by Gasteiger charge is -2.17. The number of benzene rings is 1. The molecule has 0 fully saturated rings. The van der Waals surface area contributed by atoms with Crippen molar-refractivity contribution in [3.05, 3.63) is 53.3 Å². The van der Waals surface area contributed by atoms with Crippen molar-refractivity contribution < 1.29 is 0 Å². The second-order valence-electron chi connectivity index (χ2n) is 4.92. The molecule has 2 rings (SSSR count). The molecule has 0 aliphatic rings. The zero-order valence-electron chi connectivity index (χ0n) is 12.1. The molecule has 1 aromatic carbocycles. The van der Waals surface area contributed by atoms with E-state index in [1.165, 1.54) is 16.8 Å². The first kappa shape index (κ1) is 13.8. The Morgan fingerprint density at radius 3 is 2.47 bits per heavy atom. The fourth-order valence-electron chi connectivity index (χ4n) is 2.40. The summed E-state index contributed by atoms with van der Waals surface area (Å²) in [6.45, 7) is 2.19. The predicted molar refractivity (Wildman–Crippen MR) is 79.1 cm³/mol. The first-order valence-corrected chi connectivity index (χ1v) is 6.97. The third-order valence-electron chi connectivity index (χ3n) is 3.75. The highest BCUT2D eigenvalue weighted by atomic mass is 15.2. The predicted octanol–water partition coefficient (Wildman–Crippen LogP) is 2.88. The molecule has 0 aliphatic heterocycles. The minimum Gasteiger partial charge on any atom is -0.313 e. The van der Waals surface area contributed by atoms with Gasteiger partial charge in [-0.1, -0.05) is 31.2 Å². The standard InChI is InChI=1S/C16H23N3/c1-4-13-5-7-14(8-6-13)16(17-2)10-9-15-11-12-18-19(15)3/h5-8,11-12,16-17H,4,9-10H2,1-3H3. The molecule has 0 amide bonds. The molecule has 0 radical (unpaired) electrons. The minimum atomic E-state index is 0.404. The van der Waals surface area contributed by atoms with E-state index in [4.69, 9.17) is 0 Å². The fourth-order valence-corrected chi connectivity index (χ4v) is 2.40. The van der Waals surface area contributed by atoms with Crippen molar-refractivity contribution in [3.63, 3.8) is 0 Å². The molecule has 2 aromatic rings. The molecule has 102 valence electrons. The van der Waals surface area contributed by atoms with Gasteiger partial charge in [0.1, 0.15) is 0 Å². The van der Waals surface area contributed by atoms with E-state index in [0.717, 1.165) is 19.3 Å². The molecule has 19 heavy (non-hydrogen) atoms. The molecule has 1 heterocycles. The highest BCUT2D eigenvalue weighted by Gasteiger charge is 2.10. The number of aromatic nitrogens is 2. The Morgan fingerprint density at radius 2 is 1.95 bits per heavy atom. The molecule has 1 unspecified atom stereocenters. The maximum absolute atomic E-state index is 4.21. The van der Waals surface area contributed by atoms with E-state index in [1.807, 2.05) is 25.0 Å². The molecule has 3 nitrogen and oxygen atoms in total. The summed E-state index contributed by atoms with van der Waals surface area (Å²) >= 11 is 0. The smallest absolute Gasteiger partial charge is 0.0492 e. The van der Waals surface area contributed by atoms with Crippen molar-refractivity contribution in [2.45, 2.75) is 32.2 Å². The van der Waals surface area contributed by atoms with Gasteiger partial charge in [0.15, 0.2) is 0 Å². The summed E-state index contributed by atoms with van der Waals surface area (Å²) in [6, 6.07) is 11.4. The Bertz CT molecular complexity index is 499. The SMILES string of the molecule is CCc1ccc(C(CCc2ccnn2C)NC)cc1. The summed E-state index contributed by atoms with van der Waals surface area (Å²) in [5.74, 6) is 0. The van der Waals surface area contributed by atoms with Crippen LogP contribution in [-0.2, 0) is 19.9 Å². The Balaban J connectivity index is 2.01. The molecule has 0 saturated carbocycles. The Kier molecular flexibility index (Phi) is 4.74. The number of rotatable bonds is 6. The van der Waals surface area contributed by atoms with Gasteiger partial charge in [-0.05, 0) is 43.5 Å². The van der Waals surface area contributed by atoms with Crippen LogP contribution in [0.3, 0.4) is 0 Å². The van der Waals surface area contributed by atoms with Crippen molar-refractivity contribution in [1.29, 1.82) is 0 Å². The number of hydrogen-bond acceptors (Lipinski definition) is 2. The van der Waals surface area contributed by atoms with Crippen LogP contribution in [0.5, 0.6) is 0 Å². The van der Waals surface area contributed by atoms with Crippen LogP contribution >= 0.6 is 0 Å². The van der Waals surface area contributed by atoms with E-state index in [2.05, 4.69) is 47.7 Å². The summed E-state index contributed by atoms with van der Waals surface area (Å²) in [4.78, 5) is 0. The molecule has 1 N–H and O–H groups in total. The van der Waals surface area contributed by atoms with E-state index < -0.39 is 0 Å². The van der Waals surface area contributed by atoms with Gasteiger partial charge in [-0.2, -0.15) is 5.10 Å². The third kappa shape index (κ3) is 3.44. The second kappa shape index (κ2) is 6.53. The molecule has 0 saturated heterocycles. The number of aryl methyl sites for hydroxylation is 3. The van der Waals surface area contributed by atoms with Crippen molar-refractivity contribution in [2.75, 3.05) is 7.05 Å². The molecule has 1 atom stereocenters. The minimum absolute atomic E-state index is 0.404. The summed E-state index contributed by atoms with van der Waals surface area (Å²) in [6.07, 6.45) is 5.08.